The molecule has 2 aromatic rings. The molecule has 22 heavy (non-hydrogen) atoms. The number of aromatic nitrogens is 2. The van der Waals surface area contributed by atoms with E-state index in [1.807, 2.05) is 4.90 Å². The Morgan fingerprint density at radius 2 is 2.18 bits per heavy atom. The maximum absolute atomic E-state index is 12.9. The molecular formula is C16H18FN3O2. The van der Waals surface area contributed by atoms with Crippen LogP contribution in [0.15, 0.2) is 28.8 Å². The van der Waals surface area contributed by atoms with Gasteiger partial charge in [-0.3, -0.25) is 4.79 Å². The number of carbonyl (C=O) groups is 1. The first kappa shape index (κ1) is 14.7. The van der Waals surface area contributed by atoms with Crippen molar-refractivity contribution in [2.45, 2.75) is 32.1 Å². The van der Waals surface area contributed by atoms with E-state index in [1.54, 1.807) is 19.1 Å². The highest BCUT2D eigenvalue weighted by atomic mass is 19.1. The number of amides is 1. The first-order valence-electron chi connectivity index (χ1n) is 7.44. The standard InChI is InChI=1S/C16H18FN3O2/c1-11-18-16(22-19-11)13-3-2-8-20(10-13)15(21)9-12-4-6-14(17)7-5-12/h4-7,13H,2-3,8-10H2,1H3/t13-/m1/s1. The largest absolute Gasteiger partial charge is 0.342 e. The van der Waals surface area contributed by atoms with Gasteiger partial charge in [-0.2, -0.15) is 4.98 Å². The van der Waals surface area contributed by atoms with Crippen molar-refractivity contribution in [2.24, 2.45) is 0 Å². The minimum absolute atomic E-state index is 0.0487. The van der Waals surface area contributed by atoms with E-state index in [1.165, 1.54) is 12.1 Å². The summed E-state index contributed by atoms with van der Waals surface area (Å²) in [6.45, 7) is 3.12. The Hall–Kier alpha value is -2.24. The van der Waals surface area contributed by atoms with E-state index in [0.717, 1.165) is 24.9 Å². The van der Waals surface area contributed by atoms with Crippen molar-refractivity contribution in [1.29, 1.82) is 0 Å². The number of carbonyl (C=O) groups excluding carboxylic acids is 1. The monoisotopic (exact) mass is 303 g/mol. The zero-order valence-corrected chi connectivity index (χ0v) is 12.5. The summed E-state index contributed by atoms with van der Waals surface area (Å²) in [5.41, 5.74) is 0.821. The van der Waals surface area contributed by atoms with Gasteiger partial charge in [0, 0.05) is 13.1 Å². The summed E-state index contributed by atoms with van der Waals surface area (Å²) in [7, 11) is 0. The molecule has 0 aliphatic carbocycles. The maximum atomic E-state index is 12.9. The lowest BCUT2D eigenvalue weighted by Crippen LogP contribution is -2.40. The van der Waals surface area contributed by atoms with Gasteiger partial charge in [0.05, 0.1) is 12.3 Å². The van der Waals surface area contributed by atoms with E-state index in [-0.39, 0.29) is 24.1 Å². The molecule has 1 atom stereocenters. The van der Waals surface area contributed by atoms with Gasteiger partial charge in [0.25, 0.3) is 0 Å². The summed E-state index contributed by atoms with van der Waals surface area (Å²) in [6.07, 6.45) is 2.15. The minimum atomic E-state index is -0.291. The molecule has 3 rings (SSSR count). The van der Waals surface area contributed by atoms with Crippen LogP contribution in [0, 0.1) is 12.7 Å². The maximum Gasteiger partial charge on any atom is 0.231 e. The number of nitrogens with zero attached hydrogens (tertiary/aromatic N) is 3. The van der Waals surface area contributed by atoms with E-state index in [9.17, 15) is 9.18 Å². The Kier molecular flexibility index (Phi) is 4.18. The fraction of sp³-hybridized carbons (Fsp3) is 0.438. The first-order chi connectivity index (χ1) is 10.6. The van der Waals surface area contributed by atoms with Gasteiger partial charge in [-0.1, -0.05) is 17.3 Å². The molecule has 1 saturated heterocycles. The molecule has 1 amide bonds. The normalized spacial score (nSPS) is 18.5. The van der Waals surface area contributed by atoms with Gasteiger partial charge in [-0.05, 0) is 37.5 Å². The van der Waals surface area contributed by atoms with Gasteiger partial charge in [0.2, 0.25) is 11.8 Å². The molecule has 1 aliphatic rings. The van der Waals surface area contributed by atoms with Crippen LogP contribution in [0.1, 0.15) is 36.0 Å². The van der Waals surface area contributed by atoms with Gasteiger partial charge in [-0.15, -0.1) is 0 Å². The Morgan fingerprint density at radius 3 is 2.86 bits per heavy atom. The van der Waals surface area contributed by atoms with Gasteiger partial charge >= 0.3 is 0 Å². The van der Waals surface area contributed by atoms with E-state index in [0.29, 0.717) is 18.3 Å². The second-order valence-electron chi connectivity index (χ2n) is 5.66. The van der Waals surface area contributed by atoms with Crippen LogP contribution in [0.3, 0.4) is 0 Å². The lowest BCUT2D eigenvalue weighted by Gasteiger charge is -2.31. The molecule has 2 heterocycles. The van der Waals surface area contributed by atoms with Crippen molar-refractivity contribution >= 4 is 5.91 Å². The summed E-state index contributed by atoms with van der Waals surface area (Å²) >= 11 is 0. The lowest BCUT2D eigenvalue weighted by atomic mass is 9.97. The SMILES string of the molecule is Cc1noc([C@@H]2CCCN(C(=O)Cc3ccc(F)cc3)C2)n1. The molecule has 0 unspecified atom stereocenters. The average Bonchev–Trinajstić information content (AvgIpc) is 2.96. The molecule has 1 aromatic carbocycles. The molecule has 1 aliphatic heterocycles. The van der Waals surface area contributed by atoms with Crippen LogP contribution >= 0.6 is 0 Å². The van der Waals surface area contributed by atoms with Gasteiger partial charge < -0.3 is 9.42 Å². The Labute approximate surface area is 128 Å². The Morgan fingerprint density at radius 1 is 1.41 bits per heavy atom. The third-order valence-corrected chi connectivity index (χ3v) is 3.94. The number of piperidine rings is 1. The number of hydrogen-bond donors (Lipinski definition) is 0. The second kappa shape index (κ2) is 6.25. The molecule has 6 heteroatoms. The van der Waals surface area contributed by atoms with Crippen molar-refractivity contribution in [3.63, 3.8) is 0 Å². The quantitative estimate of drug-likeness (QED) is 0.874. The smallest absolute Gasteiger partial charge is 0.231 e. The van der Waals surface area contributed by atoms with Crippen LogP contribution in [-0.2, 0) is 11.2 Å². The zero-order valence-electron chi connectivity index (χ0n) is 12.5. The Balaban J connectivity index is 1.63. The highest BCUT2D eigenvalue weighted by Gasteiger charge is 2.28. The predicted molar refractivity (Wildman–Crippen MR) is 77.7 cm³/mol. The fourth-order valence-electron chi connectivity index (χ4n) is 2.77. The highest BCUT2D eigenvalue weighted by molar-refractivity contribution is 5.78. The number of hydrogen-bond acceptors (Lipinski definition) is 4. The first-order valence-corrected chi connectivity index (χ1v) is 7.44. The molecule has 0 N–H and O–H groups in total. The fourth-order valence-corrected chi connectivity index (χ4v) is 2.77. The molecule has 5 nitrogen and oxygen atoms in total. The van der Waals surface area contributed by atoms with Crippen LogP contribution in [-0.4, -0.2) is 34.0 Å². The van der Waals surface area contributed by atoms with Crippen LogP contribution in [0.2, 0.25) is 0 Å². The number of likely N-dealkylation sites (tertiary alicyclic amines) is 1. The van der Waals surface area contributed by atoms with E-state index >= 15 is 0 Å². The van der Waals surface area contributed by atoms with Crippen molar-refractivity contribution in [3.05, 3.63) is 47.4 Å². The molecule has 0 radical (unpaired) electrons. The summed E-state index contributed by atoms with van der Waals surface area (Å²) in [6, 6.07) is 6.05. The van der Waals surface area contributed by atoms with Gasteiger partial charge in [-0.25, -0.2) is 4.39 Å². The molecular weight excluding hydrogens is 285 g/mol. The summed E-state index contributed by atoms with van der Waals surface area (Å²) in [5, 5.41) is 3.81. The predicted octanol–water partition coefficient (Wildman–Crippen LogP) is 2.47. The van der Waals surface area contributed by atoms with Gasteiger partial charge in [0.15, 0.2) is 5.82 Å². The zero-order chi connectivity index (χ0) is 15.5. The van der Waals surface area contributed by atoms with E-state index < -0.39 is 0 Å². The number of rotatable bonds is 3. The molecule has 0 spiro atoms. The summed E-state index contributed by atoms with van der Waals surface area (Å²) < 4.78 is 18.1. The van der Waals surface area contributed by atoms with Crippen molar-refractivity contribution < 1.29 is 13.7 Å². The second-order valence-corrected chi connectivity index (χ2v) is 5.66. The molecule has 0 saturated carbocycles. The molecule has 1 aromatic heterocycles. The Bertz CT molecular complexity index is 654. The minimum Gasteiger partial charge on any atom is -0.342 e. The lowest BCUT2D eigenvalue weighted by molar-refractivity contribution is -0.131. The van der Waals surface area contributed by atoms with Crippen LogP contribution in [0.25, 0.3) is 0 Å². The number of halogens is 1. The third kappa shape index (κ3) is 3.32. The molecule has 1 fully saturated rings. The van der Waals surface area contributed by atoms with E-state index in [4.69, 9.17) is 4.52 Å². The van der Waals surface area contributed by atoms with Crippen LogP contribution in [0.4, 0.5) is 4.39 Å². The van der Waals surface area contributed by atoms with Crippen molar-refractivity contribution in [3.8, 4) is 0 Å². The highest BCUT2D eigenvalue weighted by Crippen LogP contribution is 2.26. The third-order valence-electron chi connectivity index (χ3n) is 3.94. The summed E-state index contributed by atoms with van der Waals surface area (Å²) in [4.78, 5) is 18.5. The number of benzene rings is 1. The topological polar surface area (TPSA) is 59.2 Å². The average molecular weight is 303 g/mol. The molecule has 0 bridgehead atoms. The van der Waals surface area contributed by atoms with Crippen molar-refractivity contribution in [2.75, 3.05) is 13.1 Å². The van der Waals surface area contributed by atoms with Crippen molar-refractivity contribution in [1.82, 2.24) is 15.0 Å². The van der Waals surface area contributed by atoms with E-state index in [2.05, 4.69) is 10.1 Å². The van der Waals surface area contributed by atoms with Crippen LogP contribution in [0.5, 0.6) is 0 Å². The number of aryl methyl sites for hydroxylation is 1. The molecule has 116 valence electrons. The van der Waals surface area contributed by atoms with Gasteiger partial charge in [0.1, 0.15) is 5.82 Å². The summed E-state index contributed by atoms with van der Waals surface area (Å²) in [5.74, 6) is 1.09. The van der Waals surface area contributed by atoms with Crippen LogP contribution < -0.4 is 0 Å².